The van der Waals surface area contributed by atoms with Gasteiger partial charge in [0.15, 0.2) is 0 Å². The van der Waals surface area contributed by atoms with Gasteiger partial charge >= 0.3 is 5.69 Å². The molecule has 2 N–H and O–H groups in total. The Hall–Kier alpha value is -1.85. The first-order valence-electron chi connectivity index (χ1n) is 5.53. The van der Waals surface area contributed by atoms with Crippen LogP contribution < -0.4 is 10.6 Å². The van der Waals surface area contributed by atoms with E-state index >= 15 is 0 Å². The molecule has 0 amide bonds. The minimum Gasteiger partial charge on any atom is -0.378 e. The summed E-state index contributed by atoms with van der Waals surface area (Å²) in [4.78, 5) is 16.3. The number of nitrogen functional groups attached to an aromatic ring is 1. The van der Waals surface area contributed by atoms with E-state index < -0.39 is 4.92 Å². The topological polar surface area (TPSA) is 85.3 Å². The molecule has 17 heavy (non-hydrogen) atoms. The van der Waals surface area contributed by atoms with E-state index in [0.717, 1.165) is 0 Å². The van der Waals surface area contributed by atoms with Crippen molar-refractivity contribution >= 4 is 17.3 Å². The molecule has 6 nitrogen and oxygen atoms in total. The van der Waals surface area contributed by atoms with Crippen LogP contribution in [-0.4, -0.2) is 22.0 Å². The highest BCUT2D eigenvalue weighted by Crippen LogP contribution is 2.25. The lowest BCUT2D eigenvalue weighted by atomic mass is 10.2. The molecule has 0 aromatic carbocycles. The van der Waals surface area contributed by atoms with Crippen LogP contribution in [0, 0.1) is 10.1 Å². The molecule has 1 heterocycles. The fraction of sp³-hybridized carbons (Fsp3) is 0.545. The fourth-order valence-corrected chi connectivity index (χ4v) is 1.88. The smallest absolute Gasteiger partial charge is 0.311 e. The van der Waals surface area contributed by atoms with Crippen LogP contribution in [-0.2, 0) is 0 Å². The molecule has 1 rings (SSSR count). The van der Waals surface area contributed by atoms with E-state index in [4.69, 9.17) is 5.73 Å². The molecule has 0 saturated carbocycles. The summed E-state index contributed by atoms with van der Waals surface area (Å²) in [5.74, 6) is 0.622. The minimum atomic E-state index is -0.527. The SMILES string of the molecule is CC(C)N(c1ccc([N+](=O)[O-])c(N)n1)C(C)C. The number of nitrogens with two attached hydrogens (primary N) is 1. The molecular formula is C11H18N4O2. The number of nitrogens with zero attached hydrogens (tertiary/aromatic N) is 3. The van der Waals surface area contributed by atoms with E-state index in [1.165, 1.54) is 6.07 Å². The zero-order chi connectivity index (χ0) is 13.2. The average Bonchev–Trinajstić information content (AvgIpc) is 2.15. The van der Waals surface area contributed by atoms with Gasteiger partial charge in [0.1, 0.15) is 5.82 Å². The molecule has 0 saturated heterocycles. The van der Waals surface area contributed by atoms with Gasteiger partial charge in [0.25, 0.3) is 0 Å². The van der Waals surface area contributed by atoms with Gasteiger partial charge in [-0.15, -0.1) is 0 Å². The Kier molecular flexibility index (Phi) is 3.88. The maximum Gasteiger partial charge on any atom is 0.311 e. The lowest BCUT2D eigenvalue weighted by Gasteiger charge is -2.31. The van der Waals surface area contributed by atoms with Crippen LogP contribution >= 0.6 is 0 Å². The highest BCUT2D eigenvalue weighted by atomic mass is 16.6. The molecule has 6 heteroatoms. The molecule has 0 atom stereocenters. The Bertz CT molecular complexity index is 410. The molecule has 0 aliphatic rings. The lowest BCUT2D eigenvalue weighted by Crippen LogP contribution is -2.37. The first-order valence-corrected chi connectivity index (χ1v) is 5.53. The van der Waals surface area contributed by atoms with Crippen LogP contribution in [0.1, 0.15) is 27.7 Å². The number of pyridine rings is 1. The first kappa shape index (κ1) is 13.2. The third-order valence-corrected chi connectivity index (χ3v) is 2.46. The summed E-state index contributed by atoms with van der Waals surface area (Å²) in [6, 6.07) is 3.54. The van der Waals surface area contributed by atoms with Crippen LogP contribution in [0.4, 0.5) is 17.3 Å². The Morgan fingerprint density at radius 3 is 2.18 bits per heavy atom. The van der Waals surface area contributed by atoms with E-state index in [1.54, 1.807) is 6.07 Å². The van der Waals surface area contributed by atoms with Gasteiger partial charge in [-0.3, -0.25) is 10.1 Å². The van der Waals surface area contributed by atoms with Gasteiger partial charge in [0.2, 0.25) is 5.82 Å². The Balaban J connectivity index is 3.15. The Morgan fingerprint density at radius 2 is 1.82 bits per heavy atom. The number of hydrogen-bond acceptors (Lipinski definition) is 5. The molecule has 0 radical (unpaired) electrons. The minimum absolute atomic E-state index is 0.0428. The maximum absolute atomic E-state index is 10.6. The number of hydrogen-bond donors (Lipinski definition) is 1. The van der Waals surface area contributed by atoms with Gasteiger partial charge in [-0.05, 0) is 33.8 Å². The summed E-state index contributed by atoms with van der Waals surface area (Å²) < 4.78 is 0. The average molecular weight is 238 g/mol. The summed E-state index contributed by atoms with van der Waals surface area (Å²) in [6.07, 6.45) is 0. The molecule has 0 aliphatic carbocycles. The van der Waals surface area contributed by atoms with Crippen molar-refractivity contribution in [3.63, 3.8) is 0 Å². The molecule has 0 fully saturated rings. The van der Waals surface area contributed by atoms with Crippen molar-refractivity contribution in [3.8, 4) is 0 Å². The van der Waals surface area contributed by atoms with Crippen LogP contribution in [0.15, 0.2) is 12.1 Å². The number of rotatable bonds is 4. The summed E-state index contributed by atoms with van der Waals surface area (Å²) in [5.41, 5.74) is 5.43. The zero-order valence-electron chi connectivity index (χ0n) is 10.5. The number of aromatic nitrogens is 1. The van der Waals surface area contributed by atoms with Gasteiger partial charge < -0.3 is 10.6 Å². The summed E-state index contributed by atoms with van der Waals surface area (Å²) in [6.45, 7) is 8.16. The normalized spacial score (nSPS) is 10.9. The van der Waals surface area contributed by atoms with Gasteiger partial charge in [0, 0.05) is 18.2 Å². The fourth-order valence-electron chi connectivity index (χ4n) is 1.88. The largest absolute Gasteiger partial charge is 0.378 e. The summed E-state index contributed by atoms with van der Waals surface area (Å²) in [5, 5.41) is 10.6. The lowest BCUT2D eigenvalue weighted by molar-refractivity contribution is -0.384. The molecule has 1 aromatic heterocycles. The molecule has 94 valence electrons. The second kappa shape index (κ2) is 4.99. The summed E-state index contributed by atoms with van der Waals surface area (Å²) >= 11 is 0. The van der Waals surface area contributed by atoms with Crippen LogP contribution in [0.3, 0.4) is 0 Å². The van der Waals surface area contributed by atoms with Crippen molar-refractivity contribution in [2.45, 2.75) is 39.8 Å². The van der Waals surface area contributed by atoms with E-state index in [-0.39, 0.29) is 23.6 Å². The highest BCUT2D eigenvalue weighted by molar-refractivity contribution is 5.58. The zero-order valence-corrected chi connectivity index (χ0v) is 10.5. The van der Waals surface area contributed by atoms with Crippen molar-refractivity contribution < 1.29 is 4.92 Å². The van der Waals surface area contributed by atoms with Crippen molar-refractivity contribution in [1.82, 2.24) is 4.98 Å². The van der Waals surface area contributed by atoms with E-state index in [2.05, 4.69) is 9.88 Å². The van der Waals surface area contributed by atoms with Gasteiger partial charge in [0.05, 0.1) is 4.92 Å². The van der Waals surface area contributed by atoms with Crippen molar-refractivity contribution in [3.05, 3.63) is 22.2 Å². The molecule has 1 aromatic rings. The molecule has 0 bridgehead atoms. The molecule has 0 unspecified atom stereocenters. The summed E-state index contributed by atoms with van der Waals surface area (Å²) in [7, 11) is 0. The van der Waals surface area contributed by atoms with Crippen LogP contribution in [0.2, 0.25) is 0 Å². The van der Waals surface area contributed by atoms with E-state index in [1.807, 2.05) is 27.7 Å². The first-order chi connectivity index (χ1) is 7.84. The van der Waals surface area contributed by atoms with Crippen molar-refractivity contribution in [2.24, 2.45) is 0 Å². The maximum atomic E-state index is 10.6. The quantitative estimate of drug-likeness (QED) is 0.642. The van der Waals surface area contributed by atoms with Crippen LogP contribution in [0.25, 0.3) is 0 Å². The van der Waals surface area contributed by atoms with E-state index in [9.17, 15) is 10.1 Å². The molecular weight excluding hydrogens is 220 g/mol. The molecule has 0 spiro atoms. The Morgan fingerprint density at radius 1 is 1.29 bits per heavy atom. The monoisotopic (exact) mass is 238 g/mol. The standard InChI is InChI=1S/C11H18N4O2/c1-7(2)14(8(3)4)10-6-5-9(15(16)17)11(12)13-10/h5-8H,1-4H3,(H2,12,13). The number of anilines is 2. The van der Waals surface area contributed by atoms with Crippen LogP contribution in [0.5, 0.6) is 0 Å². The second-order valence-corrected chi connectivity index (χ2v) is 4.43. The molecule has 0 aliphatic heterocycles. The Labute approximate surface area is 101 Å². The highest BCUT2D eigenvalue weighted by Gasteiger charge is 2.19. The predicted molar refractivity (Wildman–Crippen MR) is 68.1 cm³/mol. The third-order valence-electron chi connectivity index (χ3n) is 2.46. The van der Waals surface area contributed by atoms with E-state index in [0.29, 0.717) is 5.82 Å². The third kappa shape index (κ3) is 2.83. The second-order valence-electron chi connectivity index (χ2n) is 4.43. The van der Waals surface area contributed by atoms with Crippen molar-refractivity contribution in [1.29, 1.82) is 0 Å². The number of nitro groups is 1. The van der Waals surface area contributed by atoms with Gasteiger partial charge in [-0.1, -0.05) is 0 Å². The van der Waals surface area contributed by atoms with Gasteiger partial charge in [-0.2, -0.15) is 0 Å². The predicted octanol–water partition coefficient (Wildman–Crippen LogP) is 2.20. The van der Waals surface area contributed by atoms with Gasteiger partial charge in [-0.25, -0.2) is 4.98 Å². The van der Waals surface area contributed by atoms with Crippen molar-refractivity contribution in [2.75, 3.05) is 10.6 Å².